The van der Waals surface area contributed by atoms with E-state index < -0.39 is 81.0 Å². The van der Waals surface area contributed by atoms with E-state index in [1.807, 2.05) is 30.3 Å². The molecule has 4 aromatic heterocycles. The van der Waals surface area contributed by atoms with Crippen molar-refractivity contribution in [1.82, 2.24) is 34.8 Å². The number of fused-ring (bicyclic) bond motifs is 5. The summed E-state index contributed by atoms with van der Waals surface area (Å²) < 4.78 is 132. The first-order chi connectivity index (χ1) is 28.4. The van der Waals surface area contributed by atoms with Gasteiger partial charge in [-0.25, -0.2) is 22.2 Å². The van der Waals surface area contributed by atoms with Crippen molar-refractivity contribution < 1.29 is 43.9 Å². The third kappa shape index (κ3) is 6.83. The van der Waals surface area contributed by atoms with Gasteiger partial charge >= 0.3 is 6.18 Å². The Bertz CT molecular complexity index is 2960. The number of hydrogen-bond acceptors (Lipinski definition) is 6. The van der Waals surface area contributed by atoms with Gasteiger partial charge < -0.3 is 10.3 Å². The van der Waals surface area contributed by atoms with Gasteiger partial charge in [-0.05, 0) is 66.6 Å². The number of anilines is 1. The highest BCUT2D eigenvalue weighted by Crippen LogP contribution is 2.64. The number of para-hydroxylation sites is 1. The smallest absolute Gasteiger partial charge is 0.353 e. The van der Waals surface area contributed by atoms with Gasteiger partial charge in [0.25, 0.3) is 5.92 Å². The van der Waals surface area contributed by atoms with E-state index in [0.29, 0.717) is 49.5 Å². The number of aromatic nitrogens is 6. The maximum Gasteiger partial charge on any atom is 0.435 e. The lowest BCUT2D eigenvalue weighted by Crippen LogP contribution is -2.36. The first-order valence-electron chi connectivity index (χ1n) is 18.7. The standard InChI is InChI=1S/C41H33F7N8O3S/c1-55-36-24(9-6-10-26(36)39(53-55)54-60(2,58)59)27-17-30-31(18-29(49-30)21-7-4-3-5-8-21)51-35(27)32(15-20-13-22(42)16-23(43)14-20)50-33(57)19-56-38-34(37(52-56)41(46,47)48)25-11-12-28(25)40(38,44)45/h3-10,13-14,16-18,25,28,32,49H,11-12,15,19H2,1-2H3,(H,50,57)(H,53,54)/t25-,28+,32-/m0/s1. The number of nitrogens with one attached hydrogen (secondary N) is 3. The summed E-state index contributed by atoms with van der Waals surface area (Å²) >= 11 is 0. The summed E-state index contributed by atoms with van der Waals surface area (Å²) in [4.78, 5) is 22.4. The lowest BCUT2D eigenvalue weighted by atomic mass is 9.73. The van der Waals surface area contributed by atoms with Gasteiger partial charge in [-0.15, -0.1) is 0 Å². The van der Waals surface area contributed by atoms with Crippen molar-refractivity contribution in [2.45, 2.75) is 49.9 Å². The predicted octanol–water partition coefficient (Wildman–Crippen LogP) is 8.35. The number of hydrogen-bond donors (Lipinski definition) is 3. The molecule has 3 N–H and O–H groups in total. The fraction of sp³-hybridized carbons (Fsp3) is 0.268. The molecule has 1 fully saturated rings. The van der Waals surface area contributed by atoms with Gasteiger partial charge in [-0.1, -0.05) is 42.5 Å². The Balaban J connectivity index is 1.21. The second-order valence-corrected chi connectivity index (χ2v) is 17.0. The highest BCUT2D eigenvalue weighted by Gasteiger charge is 2.63. The number of nitrogens with zero attached hydrogens (tertiary/aromatic N) is 5. The molecule has 4 heterocycles. The van der Waals surface area contributed by atoms with Crippen LogP contribution in [-0.2, 0) is 46.9 Å². The third-order valence-electron chi connectivity index (χ3n) is 11.2. The van der Waals surface area contributed by atoms with Crippen LogP contribution in [0.4, 0.5) is 36.6 Å². The number of amides is 1. The summed E-state index contributed by atoms with van der Waals surface area (Å²) in [6.45, 7) is -1.04. The van der Waals surface area contributed by atoms with E-state index in [0.717, 1.165) is 24.0 Å². The number of alkyl halides is 5. The van der Waals surface area contributed by atoms with Crippen LogP contribution >= 0.6 is 0 Å². The van der Waals surface area contributed by atoms with Crippen LogP contribution < -0.4 is 10.0 Å². The zero-order chi connectivity index (χ0) is 42.5. The number of pyridine rings is 1. The topological polar surface area (TPSA) is 140 Å². The van der Waals surface area contributed by atoms with Gasteiger partial charge in [0.1, 0.15) is 23.9 Å². The minimum absolute atomic E-state index is 0.0133. The number of halogens is 7. The number of H-pyrrole nitrogens is 1. The SMILES string of the molecule is Cn1nc(NS(C)(=O)=O)c2cccc(-c3cc4[nH]c(-c5ccccc5)cc4nc3[C@H](Cc3cc(F)cc(F)c3)NC(=O)Cn3nc(C(F)(F)F)c4c3C(F)(F)[C@@H]3CC[C@H]43)c21. The Labute approximate surface area is 336 Å². The monoisotopic (exact) mass is 850 g/mol. The first kappa shape index (κ1) is 39.2. The number of aryl methyl sites for hydroxylation is 1. The number of carbonyl (C=O) groups is 1. The number of aromatic amines is 1. The van der Waals surface area contributed by atoms with Gasteiger partial charge in [0, 0.05) is 46.8 Å². The molecule has 0 spiro atoms. The molecule has 7 aromatic rings. The molecule has 19 heteroatoms. The molecule has 0 saturated heterocycles. The minimum Gasteiger partial charge on any atom is -0.353 e. The Kier molecular flexibility index (Phi) is 9.10. The molecule has 0 bridgehead atoms. The van der Waals surface area contributed by atoms with Crippen molar-refractivity contribution in [3.63, 3.8) is 0 Å². The highest BCUT2D eigenvalue weighted by molar-refractivity contribution is 7.92. The molecule has 1 amide bonds. The molecule has 11 nitrogen and oxygen atoms in total. The van der Waals surface area contributed by atoms with Crippen molar-refractivity contribution >= 4 is 43.7 Å². The third-order valence-corrected chi connectivity index (χ3v) is 11.7. The van der Waals surface area contributed by atoms with Crippen LogP contribution in [0.15, 0.2) is 78.9 Å². The van der Waals surface area contributed by atoms with Crippen LogP contribution in [-0.4, -0.2) is 50.1 Å². The molecule has 1 saturated carbocycles. The Morgan fingerprint density at radius 2 is 1.70 bits per heavy atom. The second kappa shape index (κ2) is 13.9. The quantitative estimate of drug-likeness (QED) is 0.118. The van der Waals surface area contributed by atoms with E-state index in [1.54, 1.807) is 37.4 Å². The van der Waals surface area contributed by atoms with E-state index >= 15 is 8.78 Å². The Morgan fingerprint density at radius 1 is 0.967 bits per heavy atom. The van der Waals surface area contributed by atoms with Crippen LogP contribution in [0.5, 0.6) is 0 Å². The molecule has 2 aliphatic rings. The van der Waals surface area contributed by atoms with E-state index in [9.17, 15) is 35.2 Å². The van der Waals surface area contributed by atoms with Crippen LogP contribution in [0.2, 0.25) is 0 Å². The summed E-state index contributed by atoms with van der Waals surface area (Å²) in [5.74, 6) is -8.94. The molecule has 60 heavy (non-hydrogen) atoms. The van der Waals surface area contributed by atoms with Crippen LogP contribution in [0.3, 0.4) is 0 Å². The summed E-state index contributed by atoms with van der Waals surface area (Å²) in [5, 5.41) is 11.0. The van der Waals surface area contributed by atoms with E-state index in [2.05, 4.69) is 25.2 Å². The lowest BCUT2D eigenvalue weighted by Gasteiger charge is -2.34. The van der Waals surface area contributed by atoms with Crippen molar-refractivity contribution in [3.05, 3.63) is 119 Å². The van der Waals surface area contributed by atoms with Crippen molar-refractivity contribution in [3.8, 4) is 22.4 Å². The van der Waals surface area contributed by atoms with E-state index in [-0.39, 0.29) is 36.3 Å². The number of rotatable bonds is 10. The zero-order valence-electron chi connectivity index (χ0n) is 31.6. The van der Waals surface area contributed by atoms with Crippen LogP contribution in [0.25, 0.3) is 44.3 Å². The maximum absolute atomic E-state index is 15.7. The Hall–Kier alpha value is -6.24. The molecule has 2 aliphatic carbocycles. The molecule has 0 aliphatic heterocycles. The second-order valence-electron chi connectivity index (χ2n) is 15.2. The van der Waals surface area contributed by atoms with E-state index in [1.165, 1.54) is 4.68 Å². The highest BCUT2D eigenvalue weighted by atomic mass is 32.2. The minimum atomic E-state index is -5.07. The van der Waals surface area contributed by atoms with Crippen LogP contribution in [0.1, 0.15) is 53.0 Å². The molecule has 3 aromatic carbocycles. The van der Waals surface area contributed by atoms with Crippen molar-refractivity contribution in [2.75, 3.05) is 11.0 Å². The average Bonchev–Trinajstić information content (AvgIpc) is 3.85. The van der Waals surface area contributed by atoms with Gasteiger partial charge in [0.15, 0.2) is 11.5 Å². The first-order valence-corrected chi connectivity index (χ1v) is 20.6. The molecule has 9 rings (SSSR count). The van der Waals surface area contributed by atoms with Crippen molar-refractivity contribution in [2.24, 2.45) is 13.0 Å². The summed E-state index contributed by atoms with van der Waals surface area (Å²) in [5.41, 5.74) is 0.736. The molecule has 310 valence electrons. The summed E-state index contributed by atoms with van der Waals surface area (Å²) in [7, 11) is -2.19. The lowest BCUT2D eigenvalue weighted by molar-refractivity contribution is -0.144. The molecule has 0 unspecified atom stereocenters. The maximum atomic E-state index is 15.7. The number of sulfonamides is 1. The zero-order valence-corrected chi connectivity index (χ0v) is 32.4. The van der Waals surface area contributed by atoms with E-state index in [4.69, 9.17) is 4.98 Å². The van der Waals surface area contributed by atoms with Gasteiger partial charge in [-0.2, -0.15) is 32.1 Å². The molecular weight excluding hydrogens is 818 g/mol. The van der Waals surface area contributed by atoms with Gasteiger partial charge in [-0.3, -0.25) is 18.9 Å². The average molecular weight is 851 g/mol. The van der Waals surface area contributed by atoms with Gasteiger partial charge in [0.2, 0.25) is 15.9 Å². The normalized spacial score (nSPS) is 17.7. The predicted molar refractivity (Wildman–Crippen MR) is 207 cm³/mol. The summed E-state index contributed by atoms with van der Waals surface area (Å²) in [6, 6.07) is 19.2. The molecular formula is C41H33F7N8O3S. The summed E-state index contributed by atoms with van der Waals surface area (Å²) in [6.07, 6.45) is -4.28. The van der Waals surface area contributed by atoms with Crippen LogP contribution in [0, 0.1) is 17.6 Å². The van der Waals surface area contributed by atoms with Crippen molar-refractivity contribution in [1.29, 1.82) is 0 Å². The van der Waals surface area contributed by atoms with Gasteiger partial charge in [0.05, 0.1) is 34.5 Å². The number of carbonyl (C=O) groups excluding carboxylic acids is 1. The fourth-order valence-corrected chi connectivity index (χ4v) is 9.15. The Morgan fingerprint density at radius 3 is 2.37 bits per heavy atom. The largest absolute Gasteiger partial charge is 0.435 e. The number of benzene rings is 3. The molecule has 3 atom stereocenters. The fourth-order valence-electron chi connectivity index (χ4n) is 8.64. The molecule has 0 radical (unpaired) electrons.